The molecule has 0 aliphatic heterocycles. The van der Waals surface area contributed by atoms with Gasteiger partial charge in [-0.15, -0.1) is 0 Å². The third-order valence-electron chi connectivity index (χ3n) is 3.01. The molecule has 118 valence electrons. The van der Waals surface area contributed by atoms with Crippen molar-refractivity contribution in [3.63, 3.8) is 0 Å². The van der Waals surface area contributed by atoms with Gasteiger partial charge in [-0.05, 0) is 36.4 Å². The van der Waals surface area contributed by atoms with Crippen molar-refractivity contribution < 1.29 is 24.2 Å². The van der Waals surface area contributed by atoms with E-state index in [0.717, 1.165) is 0 Å². The predicted octanol–water partition coefficient (Wildman–Crippen LogP) is 1.25. The smallest absolute Gasteiger partial charge is 0.337 e. The van der Waals surface area contributed by atoms with Gasteiger partial charge in [-0.1, -0.05) is 12.1 Å². The van der Waals surface area contributed by atoms with E-state index >= 15 is 0 Å². The number of amides is 2. The summed E-state index contributed by atoms with van der Waals surface area (Å²) in [5, 5.41) is 9.55. The van der Waals surface area contributed by atoms with Crippen LogP contribution in [0.25, 0.3) is 0 Å². The number of para-hydroxylation sites is 1. The highest BCUT2D eigenvalue weighted by Gasteiger charge is 2.12. The Morgan fingerprint density at radius 1 is 0.870 bits per heavy atom. The Morgan fingerprint density at radius 2 is 1.43 bits per heavy atom. The minimum absolute atomic E-state index is 0.0360. The summed E-state index contributed by atoms with van der Waals surface area (Å²) in [6.45, 7) is 0. The third-order valence-corrected chi connectivity index (χ3v) is 3.01. The molecule has 0 aliphatic carbocycles. The van der Waals surface area contributed by atoms with Crippen molar-refractivity contribution in [3.05, 3.63) is 65.2 Å². The van der Waals surface area contributed by atoms with E-state index in [4.69, 9.17) is 0 Å². The Bertz CT molecular complexity index is 740. The summed E-state index contributed by atoms with van der Waals surface area (Å²) >= 11 is 0. The zero-order valence-corrected chi connectivity index (χ0v) is 12.2. The fourth-order valence-corrected chi connectivity index (χ4v) is 1.79. The van der Waals surface area contributed by atoms with Crippen molar-refractivity contribution in [2.24, 2.45) is 0 Å². The first-order valence-corrected chi connectivity index (χ1v) is 6.60. The number of phenolic OH excluding ortho intramolecular Hbond substituents is 1. The highest BCUT2D eigenvalue weighted by atomic mass is 16.5. The van der Waals surface area contributed by atoms with E-state index in [9.17, 15) is 19.5 Å². The number of hydrazine groups is 1. The molecule has 2 aromatic rings. The summed E-state index contributed by atoms with van der Waals surface area (Å²) in [5.74, 6) is -1.92. The van der Waals surface area contributed by atoms with Gasteiger partial charge in [0.25, 0.3) is 11.8 Å². The molecule has 23 heavy (non-hydrogen) atoms. The first-order chi connectivity index (χ1) is 11.0. The molecule has 7 heteroatoms. The molecular formula is C16H14N2O5. The van der Waals surface area contributed by atoms with Gasteiger partial charge in [0.05, 0.1) is 18.2 Å². The van der Waals surface area contributed by atoms with Gasteiger partial charge in [-0.2, -0.15) is 0 Å². The molecule has 0 saturated carbocycles. The monoisotopic (exact) mass is 314 g/mol. The maximum atomic E-state index is 11.9. The Morgan fingerprint density at radius 3 is 2.04 bits per heavy atom. The summed E-state index contributed by atoms with van der Waals surface area (Å²) in [5.41, 5.74) is 5.01. The number of ether oxygens (including phenoxy) is 1. The van der Waals surface area contributed by atoms with Gasteiger partial charge < -0.3 is 9.84 Å². The van der Waals surface area contributed by atoms with E-state index in [0.29, 0.717) is 5.56 Å². The van der Waals surface area contributed by atoms with Crippen LogP contribution in [-0.4, -0.2) is 30.0 Å². The minimum atomic E-state index is -0.650. The number of nitrogens with one attached hydrogen (secondary N) is 2. The summed E-state index contributed by atoms with van der Waals surface area (Å²) in [6, 6.07) is 11.7. The summed E-state index contributed by atoms with van der Waals surface area (Å²) in [4.78, 5) is 35.0. The highest BCUT2D eigenvalue weighted by Crippen LogP contribution is 2.14. The molecule has 2 amide bonds. The van der Waals surface area contributed by atoms with Crippen LogP contribution in [0.5, 0.6) is 5.75 Å². The fraction of sp³-hybridized carbons (Fsp3) is 0.0625. The van der Waals surface area contributed by atoms with Gasteiger partial charge in [0.2, 0.25) is 0 Å². The molecule has 2 aromatic carbocycles. The molecule has 0 unspecified atom stereocenters. The highest BCUT2D eigenvalue weighted by molar-refractivity contribution is 6.00. The number of phenols is 1. The number of methoxy groups -OCH3 is 1. The summed E-state index contributed by atoms with van der Waals surface area (Å²) in [7, 11) is 1.26. The van der Waals surface area contributed by atoms with Gasteiger partial charge in [-0.3, -0.25) is 20.4 Å². The van der Waals surface area contributed by atoms with Crippen LogP contribution in [-0.2, 0) is 4.74 Å². The van der Waals surface area contributed by atoms with E-state index in [2.05, 4.69) is 15.6 Å². The molecule has 0 radical (unpaired) electrons. The molecule has 0 atom stereocenters. The first-order valence-electron chi connectivity index (χ1n) is 6.60. The quantitative estimate of drug-likeness (QED) is 0.584. The Labute approximate surface area is 131 Å². The standard InChI is InChI=1S/C16H14N2O5/c1-23-16(22)11-8-6-10(7-9-11)14(20)17-18-15(21)12-4-2-3-5-13(12)19/h2-9,19H,1H3,(H,17,20)(H,18,21). The molecule has 0 aliphatic rings. The average Bonchev–Trinajstić information content (AvgIpc) is 2.59. The minimum Gasteiger partial charge on any atom is -0.507 e. The second kappa shape index (κ2) is 7.08. The van der Waals surface area contributed by atoms with Crippen molar-refractivity contribution in [2.45, 2.75) is 0 Å². The molecule has 0 saturated heterocycles. The van der Waals surface area contributed by atoms with E-state index in [1.165, 1.54) is 43.5 Å². The van der Waals surface area contributed by atoms with Gasteiger partial charge in [0.1, 0.15) is 5.75 Å². The Hall–Kier alpha value is -3.35. The lowest BCUT2D eigenvalue weighted by atomic mass is 10.1. The van der Waals surface area contributed by atoms with Crippen LogP contribution in [0.1, 0.15) is 31.1 Å². The number of hydrogen-bond acceptors (Lipinski definition) is 5. The van der Waals surface area contributed by atoms with E-state index in [1.54, 1.807) is 12.1 Å². The van der Waals surface area contributed by atoms with E-state index in [1.807, 2.05) is 0 Å². The molecule has 7 nitrogen and oxygen atoms in total. The maximum Gasteiger partial charge on any atom is 0.337 e. The predicted molar refractivity (Wildman–Crippen MR) is 80.8 cm³/mol. The topological polar surface area (TPSA) is 105 Å². The first kappa shape index (κ1) is 16.0. The number of esters is 1. The van der Waals surface area contributed by atoms with Crippen LogP contribution in [0.2, 0.25) is 0 Å². The van der Waals surface area contributed by atoms with Crippen molar-refractivity contribution in [1.29, 1.82) is 0 Å². The molecule has 0 aromatic heterocycles. The number of rotatable bonds is 3. The number of carbonyl (C=O) groups excluding carboxylic acids is 3. The van der Waals surface area contributed by atoms with Gasteiger partial charge in [-0.25, -0.2) is 4.79 Å². The lowest BCUT2D eigenvalue weighted by Crippen LogP contribution is -2.41. The van der Waals surface area contributed by atoms with Crippen molar-refractivity contribution >= 4 is 17.8 Å². The molecule has 0 heterocycles. The largest absolute Gasteiger partial charge is 0.507 e. The SMILES string of the molecule is COC(=O)c1ccc(C(=O)NNC(=O)c2ccccc2O)cc1. The Balaban J connectivity index is 1.98. The van der Waals surface area contributed by atoms with Gasteiger partial charge in [0, 0.05) is 5.56 Å². The lowest BCUT2D eigenvalue weighted by molar-refractivity contribution is 0.0600. The third kappa shape index (κ3) is 3.85. The number of aromatic hydroxyl groups is 1. The van der Waals surface area contributed by atoms with Crippen LogP contribution in [0, 0.1) is 0 Å². The summed E-state index contributed by atoms with van der Waals surface area (Å²) in [6.07, 6.45) is 0. The van der Waals surface area contributed by atoms with E-state index in [-0.39, 0.29) is 16.9 Å². The fourth-order valence-electron chi connectivity index (χ4n) is 1.79. The summed E-state index contributed by atoms with van der Waals surface area (Å²) < 4.78 is 4.56. The zero-order chi connectivity index (χ0) is 16.8. The van der Waals surface area contributed by atoms with Crippen LogP contribution < -0.4 is 10.9 Å². The molecular weight excluding hydrogens is 300 g/mol. The van der Waals surface area contributed by atoms with Crippen LogP contribution in [0.4, 0.5) is 0 Å². The molecule has 2 rings (SSSR count). The van der Waals surface area contributed by atoms with Gasteiger partial charge >= 0.3 is 5.97 Å². The normalized spacial score (nSPS) is 9.78. The maximum absolute atomic E-state index is 11.9. The van der Waals surface area contributed by atoms with E-state index < -0.39 is 17.8 Å². The lowest BCUT2D eigenvalue weighted by Gasteiger charge is -2.08. The second-order valence-electron chi connectivity index (χ2n) is 4.49. The molecule has 0 fully saturated rings. The van der Waals surface area contributed by atoms with Crippen molar-refractivity contribution in [1.82, 2.24) is 10.9 Å². The number of hydrogen-bond donors (Lipinski definition) is 3. The van der Waals surface area contributed by atoms with Gasteiger partial charge in [0.15, 0.2) is 0 Å². The zero-order valence-electron chi connectivity index (χ0n) is 12.2. The Kier molecular flexibility index (Phi) is 4.93. The number of benzene rings is 2. The van der Waals surface area contributed by atoms with Crippen LogP contribution in [0.15, 0.2) is 48.5 Å². The van der Waals surface area contributed by atoms with Crippen LogP contribution in [0.3, 0.4) is 0 Å². The second-order valence-corrected chi connectivity index (χ2v) is 4.49. The van der Waals surface area contributed by atoms with Crippen molar-refractivity contribution in [2.75, 3.05) is 7.11 Å². The molecule has 0 bridgehead atoms. The van der Waals surface area contributed by atoms with Crippen LogP contribution >= 0.6 is 0 Å². The number of carbonyl (C=O) groups is 3. The molecule has 0 spiro atoms. The molecule has 3 N–H and O–H groups in total. The van der Waals surface area contributed by atoms with Crippen molar-refractivity contribution in [3.8, 4) is 5.75 Å². The average molecular weight is 314 g/mol.